The summed E-state index contributed by atoms with van der Waals surface area (Å²) in [6, 6.07) is 13.1. The number of methoxy groups -OCH3 is 1. The van der Waals surface area contributed by atoms with Crippen molar-refractivity contribution in [2.45, 2.75) is 19.5 Å². The Bertz CT molecular complexity index is 586. The van der Waals surface area contributed by atoms with E-state index in [-0.39, 0.29) is 11.8 Å². The molecule has 2 aromatic carbocycles. The Balaban J connectivity index is 2.04. The lowest BCUT2D eigenvalue weighted by Gasteiger charge is -2.16. The largest absolute Gasteiger partial charge is 0.508 e. The van der Waals surface area contributed by atoms with E-state index >= 15 is 0 Å². The molecule has 0 amide bonds. The van der Waals surface area contributed by atoms with Gasteiger partial charge in [0, 0.05) is 23.2 Å². The number of nitrogens with one attached hydrogen (secondary N) is 1. The second kappa shape index (κ2) is 6.64. The van der Waals surface area contributed by atoms with Crippen molar-refractivity contribution in [1.82, 2.24) is 5.32 Å². The minimum absolute atomic E-state index is 0.142. The maximum absolute atomic E-state index is 9.78. The van der Waals surface area contributed by atoms with Crippen molar-refractivity contribution in [3.8, 4) is 11.5 Å². The van der Waals surface area contributed by atoms with Crippen LogP contribution in [0, 0.1) is 0 Å². The summed E-state index contributed by atoms with van der Waals surface area (Å²) in [5.41, 5.74) is 1.91. The molecule has 4 heteroatoms. The van der Waals surface area contributed by atoms with E-state index in [0.717, 1.165) is 16.9 Å². The topological polar surface area (TPSA) is 41.5 Å². The molecule has 20 heavy (non-hydrogen) atoms. The molecule has 0 saturated carbocycles. The van der Waals surface area contributed by atoms with Gasteiger partial charge in [0.25, 0.3) is 0 Å². The number of phenolic OH excluding ortho intramolecular Hbond substituents is 1. The fourth-order valence-electron chi connectivity index (χ4n) is 1.99. The zero-order valence-corrected chi connectivity index (χ0v) is 12.3. The molecule has 0 aromatic heterocycles. The van der Waals surface area contributed by atoms with E-state index in [2.05, 4.69) is 12.2 Å². The molecule has 0 aliphatic carbocycles. The quantitative estimate of drug-likeness (QED) is 0.878. The van der Waals surface area contributed by atoms with Crippen LogP contribution >= 0.6 is 11.6 Å². The molecule has 0 bridgehead atoms. The number of aromatic hydroxyl groups is 1. The summed E-state index contributed by atoms with van der Waals surface area (Å²) in [6.07, 6.45) is 0. The third-order valence-corrected chi connectivity index (χ3v) is 3.47. The molecule has 0 radical (unpaired) electrons. The molecule has 2 aromatic rings. The SMILES string of the molecule is COc1cccc(C(C)NCc2cc(Cl)ccc2O)c1. The molecule has 0 heterocycles. The summed E-state index contributed by atoms with van der Waals surface area (Å²) >= 11 is 5.93. The Morgan fingerprint density at radius 2 is 2.05 bits per heavy atom. The van der Waals surface area contributed by atoms with Crippen molar-refractivity contribution in [1.29, 1.82) is 0 Å². The first-order chi connectivity index (χ1) is 9.60. The monoisotopic (exact) mass is 291 g/mol. The van der Waals surface area contributed by atoms with Gasteiger partial charge in [0.2, 0.25) is 0 Å². The second-order valence-electron chi connectivity index (χ2n) is 4.65. The van der Waals surface area contributed by atoms with E-state index in [1.54, 1.807) is 25.3 Å². The van der Waals surface area contributed by atoms with Crippen LogP contribution in [-0.2, 0) is 6.54 Å². The molecule has 3 nitrogen and oxygen atoms in total. The number of ether oxygens (including phenoxy) is 1. The van der Waals surface area contributed by atoms with Crippen LogP contribution < -0.4 is 10.1 Å². The minimum Gasteiger partial charge on any atom is -0.508 e. The van der Waals surface area contributed by atoms with Crippen molar-refractivity contribution in [3.05, 3.63) is 58.6 Å². The Kier molecular flexibility index (Phi) is 4.88. The molecule has 1 atom stereocenters. The molecule has 0 fully saturated rings. The molecular weight excluding hydrogens is 274 g/mol. The van der Waals surface area contributed by atoms with E-state index < -0.39 is 0 Å². The zero-order chi connectivity index (χ0) is 14.5. The van der Waals surface area contributed by atoms with Gasteiger partial charge in [-0.05, 0) is 42.8 Å². The predicted molar refractivity (Wildman–Crippen MR) is 81.4 cm³/mol. The van der Waals surface area contributed by atoms with Crippen molar-refractivity contribution in [2.75, 3.05) is 7.11 Å². The molecule has 1 unspecified atom stereocenters. The summed E-state index contributed by atoms with van der Waals surface area (Å²) < 4.78 is 5.22. The van der Waals surface area contributed by atoms with Gasteiger partial charge in [-0.15, -0.1) is 0 Å². The van der Waals surface area contributed by atoms with E-state index in [1.165, 1.54) is 0 Å². The fraction of sp³-hybridized carbons (Fsp3) is 0.250. The average Bonchev–Trinajstić information content (AvgIpc) is 2.48. The van der Waals surface area contributed by atoms with Crippen LogP contribution in [0.25, 0.3) is 0 Å². The van der Waals surface area contributed by atoms with Gasteiger partial charge >= 0.3 is 0 Å². The number of halogens is 1. The standard InChI is InChI=1S/C16H18ClNO2/c1-11(12-4-3-5-15(9-12)20-2)18-10-13-8-14(17)6-7-16(13)19/h3-9,11,18-19H,10H2,1-2H3. The molecule has 2 rings (SSSR count). The van der Waals surface area contributed by atoms with Crippen molar-refractivity contribution >= 4 is 11.6 Å². The first-order valence-corrected chi connectivity index (χ1v) is 6.82. The zero-order valence-electron chi connectivity index (χ0n) is 11.6. The van der Waals surface area contributed by atoms with Crippen LogP contribution in [0.4, 0.5) is 0 Å². The first-order valence-electron chi connectivity index (χ1n) is 6.45. The summed E-state index contributed by atoms with van der Waals surface area (Å²) in [4.78, 5) is 0. The number of hydrogen-bond acceptors (Lipinski definition) is 3. The number of rotatable bonds is 5. The maximum Gasteiger partial charge on any atom is 0.120 e. The summed E-state index contributed by atoms with van der Waals surface area (Å²) in [6.45, 7) is 2.61. The van der Waals surface area contributed by atoms with Crippen LogP contribution in [0.15, 0.2) is 42.5 Å². The normalized spacial score (nSPS) is 12.2. The molecule has 0 saturated heterocycles. The number of benzene rings is 2. The lowest BCUT2D eigenvalue weighted by atomic mass is 10.1. The average molecular weight is 292 g/mol. The third kappa shape index (κ3) is 3.65. The molecule has 0 spiro atoms. The second-order valence-corrected chi connectivity index (χ2v) is 5.09. The lowest BCUT2D eigenvalue weighted by molar-refractivity contribution is 0.413. The maximum atomic E-state index is 9.78. The summed E-state index contributed by atoms with van der Waals surface area (Å²) in [5.74, 6) is 1.08. The van der Waals surface area contributed by atoms with Gasteiger partial charge in [-0.3, -0.25) is 0 Å². The van der Waals surface area contributed by atoms with E-state index in [4.69, 9.17) is 16.3 Å². The Hall–Kier alpha value is -1.71. The van der Waals surface area contributed by atoms with Crippen molar-refractivity contribution in [2.24, 2.45) is 0 Å². The highest BCUT2D eigenvalue weighted by Gasteiger charge is 2.08. The molecule has 0 aliphatic heterocycles. The van der Waals surface area contributed by atoms with Crippen molar-refractivity contribution in [3.63, 3.8) is 0 Å². The van der Waals surface area contributed by atoms with E-state index in [9.17, 15) is 5.11 Å². The van der Waals surface area contributed by atoms with Crippen LogP contribution in [0.1, 0.15) is 24.1 Å². The highest BCUT2D eigenvalue weighted by atomic mass is 35.5. The molecular formula is C16H18ClNO2. The minimum atomic E-state index is 0.142. The van der Waals surface area contributed by atoms with Gasteiger partial charge in [-0.25, -0.2) is 0 Å². The van der Waals surface area contributed by atoms with Crippen LogP contribution in [-0.4, -0.2) is 12.2 Å². The molecule has 0 aliphatic rings. The Morgan fingerprint density at radius 1 is 1.25 bits per heavy atom. The highest BCUT2D eigenvalue weighted by molar-refractivity contribution is 6.30. The molecule has 106 valence electrons. The van der Waals surface area contributed by atoms with Crippen LogP contribution in [0.2, 0.25) is 5.02 Å². The van der Waals surface area contributed by atoms with Gasteiger partial charge < -0.3 is 15.2 Å². The highest BCUT2D eigenvalue weighted by Crippen LogP contribution is 2.23. The number of phenols is 1. The Morgan fingerprint density at radius 3 is 2.80 bits per heavy atom. The third-order valence-electron chi connectivity index (χ3n) is 3.23. The summed E-state index contributed by atoms with van der Waals surface area (Å²) in [7, 11) is 1.65. The predicted octanol–water partition coefficient (Wildman–Crippen LogP) is 3.91. The van der Waals surface area contributed by atoms with Gasteiger partial charge in [0.15, 0.2) is 0 Å². The van der Waals surface area contributed by atoms with Gasteiger partial charge in [-0.2, -0.15) is 0 Å². The van der Waals surface area contributed by atoms with Gasteiger partial charge in [-0.1, -0.05) is 23.7 Å². The smallest absolute Gasteiger partial charge is 0.120 e. The molecule has 2 N–H and O–H groups in total. The van der Waals surface area contributed by atoms with Crippen LogP contribution in [0.3, 0.4) is 0 Å². The van der Waals surface area contributed by atoms with E-state index in [1.807, 2.05) is 24.3 Å². The van der Waals surface area contributed by atoms with Crippen LogP contribution in [0.5, 0.6) is 11.5 Å². The summed E-state index contributed by atoms with van der Waals surface area (Å²) in [5, 5.41) is 13.8. The Labute approximate surface area is 124 Å². The van der Waals surface area contributed by atoms with E-state index in [0.29, 0.717) is 11.6 Å². The van der Waals surface area contributed by atoms with Crippen molar-refractivity contribution < 1.29 is 9.84 Å². The fourth-order valence-corrected chi connectivity index (χ4v) is 2.18. The lowest BCUT2D eigenvalue weighted by Crippen LogP contribution is -2.18. The van der Waals surface area contributed by atoms with Gasteiger partial charge in [0.1, 0.15) is 11.5 Å². The number of hydrogen-bond donors (Lipinski definition) is 2. The first kappa shape index (κ1) is 14.7. The van der Waals surface area contributed by atoms with Gasteiger partial charge in [0.05, 0.1) is 7.11 Å².